The van der Waals surface area contributed by atoms with Crippen molar-refractivity contribution < 1.29 is 9.21 Å². The van der Waals surface area contributed by atoms with Crippen molar-refractivity contribution in [3.8, 4) is 10.8 Å². The maximum atomic E-state index is 12.0. The quantitative estimate of drug-likeness (QED) is 0.922. The second-order valence-corrected chi connectivity index (χ2v) is 6.30. The predicted molar refractivity (Wildman–Crippen MR) is 80.9 cm³/mol. The third kappa shape index (κ3) is 3.69. The molecule has 0 unspecified atom stereocenters. The van der Waals surface area contributed by atoms with Gasteiger partial charge in [-0.3, -0.25) is 4.79 Å². The zero-order valence-electron chi connectivity index (χ0n) is 11.9. The first-order valence-electron chi connectivity index (χ1n) is 7.47. The van der Waals surface area contributed by atoms with E-state index in [1.54, 1.807) is 11.3 Å². The molecule has 6 heteroatoms. The second kappa shape index (κ2) is 6.85. The number of rotatable bonds is 5. The Kier molecular flexibility index (Phi) is 4.65. The number of amides is 1. The van der Waals surface area contributed by atoms with Crippen LogP contribution < -0.4 is 5.32 Å². The maximum Gasteiger partial charge on any atom is 0.257 e. The lowest BCUT2D eigenvalue weighted by molar-refractivity contribution is -0.125. The van der Waals surface area contributed by atoms with E-state index in [2.05, 4.69) is 15.5 Å². The Bertz CT molecular complexity index is 574. The molecule has 2 aromatic rings. The summed E-state index contributed by atoms with van der Waals surface area (Å²) < 4.78 is 5.59. The van der Waals surface area contributed by atoms with E-state index < -0.39 is 0 Å². The summed E-state index contributed by atoms with van der Waals surface area (Å²) in [4.78, 5) is 13.0. The van der Waals surface area contributed by atoms with Crippen LogP contribution in [0.5, 0.6) is 0 Å². The van der Waals surface area contributed by atoms with Crippen LogP contribution in [0.3, 0.4) is 0 Å². The lowest BCUT2D eigenvalue weighted by atomic mass is 9.89. The minimum Gasteiger partial charge on any atom is -0.420 e. The van der Waals surface area contributed by atoms with Gasteiger partial charge in [0.25, 0.3) is 5.89 Å². The Morgan fingerprint density at radius 1 is 1.33 bits per heavy atom. The van der Waals surface area contributed by atoms with E-state index in [9.17, 15) is 4.79 Å². The van der Waals surface area contributed by atoms with Gasteiger partial charge in [0.15, 0.2) is 0 Å². The first kappa shape index (κ1) is 14.3. The van der Waals surface area contributed by atoms with Crippen molar-refractivity contribution in [2.24, 2.45) is 5.92 Å². The van der Waals surface area contributed by atoms with Crippen molar-refractivity contribution in [2.45, 2.75) is 38.5 Å². The molecule has 0 aliphatic heterocycles. The van der Waals surface area contributed by atoms with Crippen molar-refractivity contribution in [3.63, 3.8) is 0 Å². The lowest BCUT2D eigenvalue weighted by Crippen LogP contribution is -2.33. The average Bonchev–Trinajstić information content (AvgIpc) is 3.19. The normalized spacial score (nSPS) is 16.0. The summed E-state index contributed by atoms with van der Waals surface area (Å²) in [5, 5.41) is 13.0. The maximum absolute atomic E-state index is 12.0. The molecule has 3 rings (SSSR count). The van der Waals surface area contributed by atoms with Crippen LogP contribution >= 0.6 is 11.3 Å². The smallest absolute Gasteiger partial charge is 0.257 e. The molecule has 1 aliphatic rings. The number of hydrogen-bond donors (Lipinski definition) is 1. The Morgan fingerprint density at radius 2 is 2.19 bits per heavy atom. The Morgan fingerprint density at radius 3 is 2.95 bits per heavy atom. The fourth-order valence-corrected chi connectivity index (χ4v) is 3.30. The van der Waals surface area contributed by atoms with E-state index in [1.807, 2.05) is 17.5 Å². The lowest BCUT2D eigenvalue weighted by Gasteiger charge is -2.20. The third-order valence-corrected chi connectivity index (χ3v) is 4.67. The third-order valence-electron chi connectivity index (χ3n) is 3.81. The van der Waals surface area contributed by atoms with Crippen molar-refractivity contribution in [1.82, 2.24) is 15.5 Å². The average molecular weight is 305 g/mol. The number of carbonyl (C=O) groups excluding carboxylic acids is 1. The Balaban J connectivity index is 1.46. The fraction of sp³-hybridized carbons (Fsp3) is 0.533. The number of nitrogens with zero attached hydrogens (tertiary/aromatic N) is 2. The predicted octanol–water partition coefficient (Wildman–Crippen LogP) is 3.04. The number of nitrogens with one attached hydrogen (secondary N) is 1. The van der Waals surface area contributed by atoms with E-state index in [0.717, 1.165) is 17.7 Å². The molecule has 0 atom stereocenters. The van der Waals surface area contributed by atoms with Crippen LogP contribution in [-0.2, 0) is 11.2 Å². The van der Waals surface area contributed by atoms with Crippen LogP contribution in [-0.4, -0.2) is 22.6 Å². The van der Waals surface area contributed by atoms with Crippen molar-refractivity contribution in [1.29, 1.82) is 0 Å². The highest BCUT2D eigenvalue weighted by Crippen LogP contribution is 2.24. The summed E-state index contributed by atoms with van der Waals surface area (Å²) in [5.41, 5.74) is 0. The van der Waals surface area contributed by atoms with E-state index in [4.69, 9.17) is 4.42 Å². The molecule has 5 nitrogen and oxygen atoms in total. The van der Waals surface area contributed by atoms with Gasteiger partial charge in [0.2, 0.25) is 11.8 Å². The van der Waals surface area contributed by atoms with Gasteiger partial charge in [-0.1, -0.05) is 25.3 Å². The van der Waals surface area contributed by atoms with Crippen LogP contribution in [0.2, 0.25) is 0 Å². The van der Waals surface area contributed by atoms with Crippen LogP contribution in [0.15, 0.2) is 21.9 Å². The molecule has 0 saturated heterocycles. The topological polar surface area (TPSA) is 68.0 Å². The first-order chi connectivity index (χ1) is 10.3. The van der Waals surface area contributed by atoms with Gasteiger partial charge in [-0.2, -0.15) is 0 Å². The van der Waals surface area contributed by atoms with Crippen LogP contribution in [0, 0.1) is 5.92 Å². The monoisotopic (exact) mass is 305 g/mol. The summed E-state index contributed by atoms with van der Waals surface area (Å²) in [6, 6.07) is 3.90. The van der Waals surface area contributed by atoms with Gasteiger partial charge in [-0.25, -0.2) is 0 Å². The molecule has 112 valence electrons. The summed E-state index contributed by atoms with van der Waals surface area (Å²) in [6.07, 6.45) is 6.23. The summed E-state index contributed by atoms with van der Waals surface area (Å²) in [6.45, 7) is 0.557. The minimum absolute atomic E-state index is 0.174. The van der Waals surface area contributed by atoms with Gasteiger partial charge < -0.3 is 9.73 Å². The molecule has 1 fully saturated rings. The number of hydrogen-bond acceptors (Lipinski definition) is 5. The zero-order chi connectivity index (χ0) is 14.5. The van der Waals surface area contributed by atoms with Crippen LogP contribution in [0.1, 0.15) is 38.0 Å². The molecule has 2 aromatic heterocycles. The Hall–Kier alpha value is -1.69. The molecule has 0 aromatic carbocycles. The van der Waals surface area contributed by atoms with Crippen LogP contribution in [0.4, 0.5) is 0 Å². The number of carbonyl (C=O) groups is 1. The molecule has 21 heavy (non-hydrogen) atoms. The standard InChI is InChI=1S/C15H19N3O2S/c19-14(11-5-2-1-3-6-11)16-9-8-13-17-18-15(20-13)12-7-4-10-21-12/h4,7,10-11H,1-3,5-6,8-9H2,(H,16,19). The molecule has 0 spiro atoms. The molecular weight excluding hydrogens is 286 g/mol. The van der Waals surface area contributed by atoms with E-state index >= 15 is 0 Å². The molecule has 2 heterocycles. The second-order valence-electron chi connectivity index (χ2n) is 5.35. The van der Waals surface area contributed by atoms with Crippen LogP contribution in [0.25, 0.3) is 10.8 Å². The molecule has 0 radical (unpaired) electrons. The van der Waals surface area contributed by atoms with Gasteiger partial charge in [0.05, 0.1) is 4.88 Å². The number of thiophene rings is 1. The Labute approximate surface area is 127 Å². The SMILES string of the molecule is O=C(NCCc1nnc(-c2cccs2)o1)C1CCCCC1. The van der Waals surface area contributed by atoms with Gasteiger partial charge in [-0.05, 0) is 24.3 Å². The molecule has 1 N–H and O–H groups in total. The van der Waals surface area contributed by atoms with Gasteiger partial charge in [0.1, 0.15) is 0 Å². The highest BCUT2D eigenvalue weighted by atomic mass is 32.1. The molecular formula is C15H19N3O2S. The van der Waals surface area contributed by atoms with Gasteiger partial charge in [0, 0.05) is 18.9 Å². The highest BCUT2D eigenvalue weighted by molar-refractivity contribution is 7.13. The first-order valence-corrected chi connectivity index (χ1v) is 8.35. The summed E-state index contributed by atoms with van der Waals surface area (Å²) in [5.74, 6) is 1.50. The highest BCUT2D eigenvalue weighted by Gasteiger charge is 2.20. The largest absolute Gasteiger partial charge is 0.420 e. The molecule has 1 aliphatic carbocycles. The van der Waals surface area contributed by atoms with Crippen molar-refractivity contribution in [3.05, 3.63) is 23.4 Å². The van der Waals surface area contributed by atoms with E-state index in [-0.39, 0.29) is 11.8 Å². The zero-order valence-corrected chi connectivity index (χ0v) is 12.7. The number of aromatic nitrogens is 2. The van der Waals surface area contributed by atoms with Gasteiger partial charge in [-0.15, -0.1) is 21.5 Å². The molecule has 1 saturated carbocycles. The van der Waals surface area contributed by atoms with Crippen molar-refractivity contribution >= 4 is 17.2 Å². The summed E-state index contributed by atoms with van der Waals surface area (Å²) in [7, 11) is 0. The summed E-state index contributed by atoms with van der Waals surface area (Å²) >= 11 is 1.57. The van der Waals surface area contributed by atoms with E-state index in [1.165, 1.54) is 19.3 Å². The van der Waals surface area contributed by atoms with Crippen molar-refractivity contribution in [2.75, 3.05) is 6.54 Å². The fourth-order valence-electron chi connectivity index (χ4n) is 2.66. The molecule has 0 bridgehead atoms. The molecule has 1 amide bonds. The minimum atomic E-state index is 0.174. The van der Waals surface area contributed by atoms with E-state index in [0.29, 0.717) is 24.7 Å². The van der Waals surface area contributed by atoms with Gasteiger partial charge >= 0.3 is 0 Å².